The number of carbonyl (C=O) groups is 4. The summed E-state index contributed by atoms with van der Waals surface area (Å²) in [6.07, 6.45) is 3.66. The molecule has 0 aromatic heterocycles. The summed E-state index contributed by atoms with van der Waals surface area (Å²) in [6.45, 7) is 0.0682. The summed E-state index contributed by atoms with van der Waals surface area (Å²) in [6, 6.07) is 4.55. The average Bonchev–Trinajstić information content (AvgIpc) is 3.08. The van der Waals surface area contributed by atoms with Gasteiger partial charge in [-0.25, -0.2) is 0 Å². The standard InChI is InChI=1S/C17H11INO8/c20-14-10-3-1-8(5-12(10)16(22)26-14)7-25-19(24)18-9-2-4-11-13(6-9)17(23)27-15(11)21/h2-6,8,19H,1,7H2/q-1. The molecule has 1 aromatic rings. The van der Waals surface area contributed by atoms with Crippen molar-refractivity contribution >= 4 is 23.9 Å². The molecule has 10 heteroatoms. The Morgan fingerprint density at radius 3 is 2.56 bits per heavy atom. The van der Waals surface area contributed by atoms with Gasteiger partial charge in [0.1, 0.15) is 0 Å². The number of hydrogen-bond donors (Lipinski definition) is 1. The van der Waals surface area contributed by atoms with Gasteiger partial charge in [-0.2, -0.15) is 0 Å². The van der Waals surface area contributed by atoms with E-state index < -0.39 is 48.8 Å². The zero-order chi connectivity index (χ0) is 19.1. The number of halogens is 1. The van der Waals surface area contributed by atoms with Crippen molar-refractivity contribution in [3.63, 3.8) is 0 Å². The van der Waals surface area contributed by atoms with E-state index in [0.717, 1.165) is 0 Å². The van der Waals surface area contributed by atoms with Crippen molar-refractivity contribution in [3.8, 4) is 0 Å². The van der Waals surface area contributed by atoms with Crippen molar-refractivity contribution in [2.24, 2.45) is 5.92 Å². The predicted molar refractivity (Wildman–Crippen MR) is 80.5 cm³/mol. The van der Waals surface area contributed by atoms with Gasteiger partial charge in [-0.1, -0.05) is 0 Å². The van der Waals surface area contributed by atoms with Crippen LogP contribution in [0.2, 0.25) is 0 Å². The zero-order valence-electron chi connectivity index (χ0n) is 13.5. The summed E-state index contributed by atoms with van der Waals surface area (Å²) in [5.41, 5.74) is 0.818. The molecule has 0 amide bonds. The first-order valence-electron chi connectivity index (χ1n) is 7.83. The van der Waals surface area contributed by atoms with Gasteiger partial charge in [-0.15, -0.1) is 0 Å². The van der Waals surface area contributed by atoms with Gasteiger partial charge in [0.15, 0.2) is 0 Å². The first kappa shape index (κ1) is 18.0. The maximum atomic E-state index is 12.1. The Labute approximate surface area is 162 Å². The van der Waals surface area contributed by atoms with Crippen LogP contribution in [0.1, 0.15) is 27.1 Å². The van der Waals surface area contributed by atoms with Crippen LogP contribution in [-0.4, -0.2) is 30.5 Å². The molecule has 1 fully saturated rings. The van der Waals surface area contributed by atoms with Gasteiger partial charge in [0.2, 0.25) is 0 Å². The third-order valence-corrected chi connectivity index (χ3v) is 6.19. The molecule has 0 spiro atoms. The number of hydrogen-bond acceptors (Lipinski definition) is 8. The van der Waals surface area contributed by atoms with Crippen LogP contribution in [-0.2, 0) is 23.9 Å². The number of benzene rings is 1. The van der Waals surface area contributed by atoms with Crippen molar-refractivity contribution in [3.05, 3.63) is 61.4 Å². The SMILES string of the molecule is O=C1OC(=O)C2=CC(CO[NH+]([O-])[I-]c3ccc4c(c3)C(=O)OC4=O)CC=C12. The van der Waals surface area contributed by atoms with E-state index in [4.69, 9.17) is 4.84 Å². The number of quaternary nitrogens is 1. The molecule has 0 bridgehead atoms. The second kappa shape index (κ2) is 6.96. The molecular weight excluding hydrogens is 473 g/mol. The zero-order valence-corrected chi connectivity index (χ0v) is 15.7. The molecule has 3 aliphatic rings. The molecule has 9 nitrogen and oxygen atoms in total. The molecule has 1 aliphatic carbocycles. The van der Waals surface area contributed by atoms with Crippen LogP contribution in [0.15, 0.2) is 41.5 Å². The molecule has 2 unspecified atom stereocenters. The van der Waals surface area contributed by atoms with Crippen LogP contribution in [0.5, 0.6) is 0 Å². The van der Waals surface area contributed by atoms with E-state index in [9.17, 15) is 24.4 Å². The number of carbonyl (C=O) groups excluding carboxylic acids is 4. The first-order chi connectivity index (χ1) is 12.9. The summed E-state index contributed by atoms with van der Waals surface area (Å²) in [5.74, 6) is -2.97. The topological polar surface area (TPSA) is 123 Å². The van der Waals surface area contributed by atoms with Gasteiger partial charge in [0, 0.05) is 0 Å². The molecule has 1 N–H and O–H groups in total. The Morgan fingerprint density at radius 1 is 1.04 bits per heavy atom. The van der Waals surface area contributed by atoms with Gasteiger partial charge < -0.3 is 0 Å². The van der Waals surface area contributed by atoms with Crippen molar-refractivity contribution in [2.75, 3.05) is 6.61 Å². The summed E-state index contributed by atoms with van der Waals surface area (Å²) < 4.78 is 9.26. The van der Waals surface area contributed by atoms with Crippen molar-refractivity contribution in [1.82, 2.24) is 0 Å². The summed E-state index contributed by atoms with van der Waals surface area (Å²) >= 11 is -1.20. The third kappa shape index (κ3) is 3.43. The molecule has 0 radical (unpaired) electrons. The number of fused-ring (bicyclic) bond motifs is 2. The molecule has 2 atom stereocenters. The Bertz CT molecular complexity index is 950. The van der Waals surface area contributed by atoms with E-state index in [1.165, 1.54) is 12.1 Å². The second-order valence-corrected chi connectivity index (χ2v) is 8.55. The molecule has 1 aromatic carbocycles. The fraction of sp³-hybridized carbons (Fsp3) is 0.176. The van der Waals surface area contributed by atoms with Gasteiger partial charge in [-0.05, 0) is 0 Å². The van der Waals surface area contributed by atoms with Crippen molar-refractivity contribution < 1.29 is 58.4 Å². The van der Waals surface area contributed by atoms with Gasteiger partial charge >= 0.3 is 163 Å². The molecule has 2 heterocycles. The molecule has 4 rings (SSSR count). The number of ether oxygens (including phenoxy) is 2. The molecule has 140 valence electrons. The number of rotatable bonds is 5. The van der Waals surface area contributed by atoms with E-state index in [-0.39, 0.29) is 34.8 Å². The van der Waals surface area contributed by atoms with Gasteiger partial charge in [0.25, 0.3) is 0 Å². The molecule has 0 saturated carbocycles. The van der Waals surface area contributed by atoms with E-state index >= 15 is 0 Å². The quantitative estimate of drug-likeness (QED) is 0.150. The minimum atomic E-state index is -1.20. The number of cyclic esters (lactones) is 4. The predicted octanol–water partition coefficient (Wildman–Crippen LogP) is -3.56. The van der Waals surface area contributed by atoms with E-state index in [0.29, 0.717) is 9.99 Å². The molecule has 2 aliphatic heterocycles. The third-order valence-electron chi connectivity index (χ3n) is 4.15. The fourth-order valence-corrected chi connectivity index (χ4v) is 4.53. The minimum absolute atomic E-state index is 0.0682. The summed E-state index contributed by atoms with van der Waals surface area (Å²) in [4.78, 5) is 51.3. The first-order valence-corrected chi connectivity index (χ1v) is 9.99. The maximum absolute atomic E-state index is 12.1. The average molecular weight is 484 g/mol. The summed E-state index contributed by atoms with van der Waals surface area (Å²) in [5, 5.41) is 12.1. The van der Waals surface area contributed by atoms with Crippen LogP contribution in [0, 0.1) is 14.7 Å². The Hall–Kier alpha value is -2.41. The van der Waals surface area contributed by atoms with Gasteiger partial charge in [0.05, 0.1) is 0 Å². The Morgan fingerprint density at radius 2 is 1.74 bits per heavy atom. The molecular formula is C17H11INO8-. The van der Waals surface area contributed by atoms with Crippen molar-refractivity contribution in [1.29, 1.82) is 0 Å². The van der Waals surface area contributed by atoms with Crippen LogP contribution >= 0.6 is 0 Å². The van der Waals surface area contributed by atoms with E-state index in [1.54, 1.807) is 18.2 Å². The van der Waals surface area contributed by atoms with E-state index in [1.807, 2.05) is 0 Å². The van der Waals surface area contributed by atoms with Crippen molar-refractivity contribution in [2.45, 2.75) is 6.42 Å². The molecule has 27 heavy (non-hydrogen) atoms. The number of esters is 4. The Balaban J connectivity index is 1.35. The normalized spacial score (nSPS) is 22.0. The molecule has 1 saturated heterocycles. The number of nitrogens with one attached hydrogen (secondary N) is 1. The van der Waals surface area contributed by atoms with Crippen LogP contribution in [0.25, 0.3) is 0 Å². The summed E-state index contributed by atoms with van der Waals surface area (Å²) in [7, 11) is 0. The van der Waals surface area contributed by atoms with E-state index in [2.05, 4.69) is 9.47 Å². The van der Waals surface area contributed by atoms with Crippen LogP contribution < -0.4 is 24.9 Å². The number of allylic oxidation sites excluding steroid dienone is 1. The second-order valence-electron chi connectivity index (χ2n) is 5.88. The van der Waals surface area contributed by atoms with Crippen LogP contribution in [0.4, 0.5) is 0 Å². The fourth-order valence-electron chi connectivity index (χ4n) is 2.86. The Kier molecular flexibility index (Phi) is 4.63. The monoisotopic (exact) mass is 484 g/mol. The van der Waals surface area contributed by atoms with Gasteiger partial charge in [-0.3, -0.25) is 0 Å². The van der Waals surface area contributed by atoms with Crippen LogP contribution in [0.3, 0.4) is 0 Å².